The molecule has 0 bridgehead atoms. The van der Waals surface area contributed by atoms with E-state index in [1.54, 1.807) is 48.5 Å². The van der Waals surface area contributed by atoms with Gasteiger partial charge in [-0.05, 0) is 17.5 Å². The maximum atomic E-state index is 11.7. The number of benzene rings is 2. The number of hydrogen-bond donors (Lipinski definition) is 0. The second kappa shape index (κ2) is 10.7. The minimum atomic E-state index is -0.709. The van der Waals surface area contributed by atoms with Crippen molar-refractivity contribution in [1.82, 2.24) is 0 Å². The average Bonchev–Trinajstić information content (AvgIpc) is 2.63. The van der Waals surface area contributed by atoms with E-state index in [1.165, 1.54) is 0 Å². The van der Waals surface area contributed by atoms with Crippen LogP contribution in [0.15, 0.2) is 60.7 Å². The number of esters is 4. The molecule has 0 heterocycles. The number of carbonyl (C=O) groups excluding carboxylic acids is 4. The summed E-state index contributed by atoms with van der Waals surface area (Å²) in [6.07, 6.45) is -0.0782. The summed E-state index contributed by atoms with van der Waals surface area (Å²) >= 11 is 0. The Bertz CT molecular complexity index is 715. The highest BCUT2D eigenvalue weighted by molar-refractivity contribution is 5.88. The molecular formula is C21H20O6. The molecule has 0 aliphatic carbocycles. The summed E-state index contributed by atoms with van der Waals surface area (Å²) in [4.78, 5) is 46.6. The number of hydrogen-bond acceptors (Lipinski definition) is 6. The van der Waals surface area contributed by atoms with Crippen molar-refractivity contribution in [2.24, 2.45) is 0 Å². The Balaban J connectivity index is 1.62. The van der Waals surface area contributed by atoms with Crippen LogP contribution in [-0.4, -0.2) is 23.9 Å². The molecular weight excluding hydrogens is 348 g/mol. The first-order valence-corrected chi connectivity index (χ1v) is 8.58. The highest BCUT2D eigenvalue weighted by Gasteiger charge is 2.14. The van der Waals surface area contributed by atoms with Gasteiger partial charge >= 0.3 is 23.9 Å². The van der Waals surface area contributed by atoms with E-state index in [2.05, 4.69) is 0 Å². The maximum Gasteiger partial charge on any atom is 0.317 e. The molecule has 0 aromatic heterocycles. The molecule has 2 rings (SSSR count). The quantitative estimate of drug-likeness (QED) is 0.526. The van der Waals surface area contributed by atoms with Crippen LogP contribution in [0.2, 0.25) is 0 Å². The highest BCUT2D eigenvalue weighted by atomic mass is 16.6. The third-order valence-corrected chi connectivity index (χ3v) is 3.60. The molecule has 0 N–H and O–H groups in total. The molecule has 2 aromatic rings. The van der Waals surface area contributed by atoms with Gasteiger partial charge in [-0.15, -0.1) is 0 Å². The third kappa shape index (κ3) is 8.09. The Morgan fingerprint density at radius 1 is 0.556 bits per heavy atom. The van der Waals surface area contributed by atoms with Crippen molar-refractivity contribution in [1.29, 1.82) is 0 Å². The zero-order valence-electron chi connectivity index (χ0n) is 14.8. The Morgan fingerprint density at radius 2 is 0.926 bits per heavy atom. The van der Waals surface area contributed by atoms with Crippen LogP contribution in [0, 0.1) is 0 Å². The van der Waals surface area contributed by atoms with Crippen molar-refractivity contribution in [3.63, 3.8) is 0 Å². The van der Waals surface area contributed by atoms with Gasteiger partial charge in [0, 0.05) is 12.8 Å². The van der Waals surface area contributed by atoms with Crippen molar-refractivity contribution < 1.29 is 28.7 Å². The molecule has 0 saturated carbocycles. The lowest BCUT2D eigenvalue weighted by atomic mass is 10.1. The first-order valence-electron chi connectivity index (χ1n) is 8.58. The topological polar surface area (TPSA) is 86.7 Å². The number of ether oxygens (including phenoxy) is 2. The Hall–Kier alpha value is -3.28. The molecule has 0 saturated heterocycles. The number of carbonyl (C=O) groups is 4. The zero-order chi connectivity index (χ0) is 19.5. The van der Waals surface area contributed by atoms with Crippen LogP contribution in [0.4, 0.5) is 0 Å². The minimum absolute atomic E-state index is 0.00259. The van der Waals surface area contributed by atoms with Gasteiger partial charge in [0.25, 0.3) is 0 Å². The van der Waals surface area contributed by atoms with E-state index in [0.29, 0.717) is 0 Å². The standard InChI is InChI=1S/C21H20O6/c22-18(26-20(24)14-16-8-3-1-4-9-16)12-7-13-19(23)27-21(25)15-17-10-5-2-6-11-17/h1-6,8-11H,7,12-15H2. The van der Waals surface area contributed by atoms with Gasteiger partial charge < -0.3 is 9.47 Å². The van der Waals surface area contributed by atoms with Gasteiger partial charge in [0.05, 0.1) is 12.8 Å². The van der Waals surface area contributed by atoms with Gasteiger partial charge in [0.15, 0.2) is 0 Å². The zero-order valence-corrected chi connectivity index (χ0v) is 14.8. The van der Waals surface area contributed by atoms with Crippen LogP contribution in [0.5, 0.6) is 0 Å². The molecule has 0 atom stereocenters. The molecule has 0 spiro atoms. The first kappa shape index (κ1) is 20.0. The summed E-state index contributed by atoms with van der Waals surface area (Å²) < 4.78 is 9.40. The van der Waals surface area contributed by atoms with Crippen molar-refractivity contribution in [2.75, 3.05) is 0 Å². The van der Waals surface area contributed by atoms with Crippen LogP contribution >= 0.6 is 0 Å². The predicted molar refractivity (Wildman–Crippen MR) is 96.3 cm³/mol. The molecule has 0 amide bonds. The Kier molecular flexibility index (Phi) is 7.91. The second-order valence-electron chi connectivity index (χ2n) is 5.87. The minimum Gasteiger partial charge on any atom is -0.393 e. The van der Waals surface area contributed by atoms with Crippen molar-refractivity contribution in [2.45, 2.75) is 32.1 Å². The molecule has 0 radical (unpaired) electrons. The normalized spacial score (nSPS) is 10.1. The summed E-state index contributed by atoms with van der Waals surface area (Å²) in [5.74, 6) is -2.71. The van der Waals surface area contributed by atoms with Crippen LogP contribution in [-0.2, 0) is 41.5 Å². The summed E-state index contributed by atoms with van der Waals surface area (Å²) in [7, 11) is 0. The lowest BCUT2D eigenvalue weighted by Gasteiger charge is -2.04. The van der Waals surface area contributed by atoms with Crippen molar-refractivity contribution >= 4 is 23.9 Å². The average molecular weight is 368 g/mol. The molecule has 27 heavy (non-hydrogen) atoms. The summed E-state index contributed by atoms with van der Waals surface area (Å²) in [5.41, 5.74) is 1.49. The molecule has 2 aromatic carbocycles. The van der Waals surface area contributed by atoms with E-state index in [1.807, 2.05) is 12.1 Å². The lowest BCUT2D eigenvalue weighted by Crippen LogP contribution is -2.16. The largest absolute Gasteiger partial charge is 0.393 e. The van der Waals surface area contributed by atoms with E-state index >= 15 is 0 Å². The van der Waals surface area contributed by atoms with Gasteiger partial charge in [0.1, 0.15) is 0 Å². The molecule has 0 aliphatic rings. The fourth-order valence-corrected chi connectivity index (χ4v) is 2.33. The van der Waals surface area contributed by atoms with Crippen LogP contribution in [0.1, 0.15) is 30.4 Å². The van der Waals surface area contributed by atoms with E-state index < -0.39 is 23.9 Å². The second-order valence-corrected chi connectivity index (χ2v) is 5.87. The van der Waals surface area contributed by atoms with Crippen LogP contribution in [0.3, 0.4) is 0 Å². The molecule has 6 heteroatoms. The van der Waals surface area contributed by atoms with Gasteiger partial charge in [-0.25, -0.2) is 0 Å². The lowest BCUT2D eigenvalue weighted by molar-refractivity contribution is -0.159. The van der Waals surface area contributed by atoms with E-state index in [9.17, 15) is 19.2 Å². The number of rotatable bonds is 8. The summed E-state index contributed by atoms with van der Waals surface area (Å²) in [6, 6.07) is 17.8. The molecule has 140 valence electrons. The van der Waals surface area contributed by atoms with Gasteiger partial charge in [-0.2, -0.15) is 0 Å². The molecule has 0 fully saturated rings. The van der Waals surface area contributed by atoms with Crippen LogP contribution in [0.25, 0.3) is 0 Å². The molecule has 0 aliphatic heterocycles. The van der Waals surface area contributed by atoms with E-state index in [-0.39, 0.29) is 32.1 Å². The Morgan fingerprint density at radius 3 is 1.30 bits per heavy atom. The third-order valence-electron chi connectivity index (χ3n) is 3.60. The fourth-order valence-electron chi connectivity index (χ4n) is 2.33. The van der Waals surface area contributed by atoms with Gasteiger partial charge in [-0.3, -0.25) is 19.2 Å². The first-order chi connectivity index (χ1) is 13.0. The predicted octanol–water partition coefficient (Wildman–Crippen LogP) is 2.78. The van der Waals surface area contributed by atoms with E-state index in [0.717, 1.165) is 11.1 Å². The monoisotopic (exact) mass is 368 g/mol. The van der Waals surface area contributed by atoms with E-state index in [4.69, 9.17) is 9.47 Å². The fraction of sp³-hybridized carbons (Fsp3) is 0.238. The van der Waals surface area contributed by atoms with Crippen molar-refractivity contribution in [3.05, 3.63) is 71.8 Å². The van der Waals surface area contributed by atoms with Gasteiger partial charge in [-0.1, -0.05) is 60.7 Å². The Labute approximate surface area is 157 Å². The summed E-state index contributed by atoms with van der Waals surface area (Å²) in [6.45, 7) is 0. The highest BCUT2D eigenvalue weighted by Crippen LogP contribution is 2.05. The van der Waals surface area contributed by atoms with Crippen molar-refractivity contribution in [3.8, 4) is 0 Å². The molecule has 0 unspecified atom stereocenters. The SMILES string of the molecule is O=C(CCCC(=O)OC(=O)Cc1ccccc1)OC(=O)Cc1ccccc1. The van der Waals surface area contributed by atoms with Gasteiger partial charge in [0.2, 0.25) is 0 Å². The molecule has 6 nitrogen and oxygen atoms in total. The smallest absolute Gasteiger partial charge is 0.317 e. The van der Waals surface area contributed by atoms with Crippen LogP contribution < -0.4 is 0 Å². The summed E-state index contributed by atoms with van der Waals surface area (Å²) in [5, 5.41) is 0. The maximum absolute atomic E-state index is 11.7.